The largest absolute Gasteiger partial charge is 0.394 e. The van der Waals surface area contributed by atoms with Gasteiger partial charge in [0.25, 0.3) is 0 Å². The molecular weight excluding hydrogens is 187 g/mol. The van der Waals surface area contributed by atoms with E-state index < -0.39 is 30.3 Å². The number of ketones is 1. The number of nitroso groups, excluding NO2 is 1. The summed E-state index contributed by atoms with van der Waals surface area (Å²) in [4.78, 5) is 20.8. The lowest BCUT2D eigenvalue weighted by Gasteiger charge is -2.27. The number of hydrogen-bond donors (Lipinski definition) is 0. The number of Topliss-reactive ketones (excluding diaryl/α,β-unsaturated/α-hetero) is 1. The van der Waals surface area contributed by atoms with Crippen LogP contribution in [-0.4, -0.2) is 18.0 Å². The number of nitrogens with zero attached hydrogens (tertiary/aromatic N) is 1. The van der Waals surface area contributed by atoms with Crippen molar-refractivity contribution in [2.24, 2.45) is 11.1 Å². The fraction of sp³-hybridized carbons (Fsp3) is 0.857. The first-order valence-corrected chi connectivity index (χ1v) is 3.86. The van der Waals surface area contributed by atoms with Gasteiger partial charge in [-0.25, -0.2) is 0 Å². The van der Waals surface area contributed by atoms with Gasteiger partial charge in [0.05, 0.1) is 5.92 Å². The van der Waals surface area contributed by atoms with Gasteiger partial charge >= 0.3 is 6.18 Å². The molecule has 1 fully saturated rings. The van der Waals surface area contributed by atoms with Gasteiger partial charge in [-0.2, -0.15) is 18.1 Å². The van der Waals surface area contributed by atoms with E-state index in [1.165, 1.54) is 0 Å². The van der Waals surface area contributed by atoms with Gasteiger partial charge in [-0.15, -0.1) is 0 Å². The summed E-state index contributed by atoms with van der Waals surface area (Å²) in [5.41, 5.74) is 0. The van der Waals surface area contributed by atoms with Gasteiger partial charge in [-0.3, -0.25) is 4.79 Å². The van der Waals surface area contributed by atoms with Gasteiger partial charge in [-0.05, 0) is 6.42 Å². The predicted octanol–water partition coefficient (Wildman–Crippen LogP) is 2.05. The molecule has 2 unspecified atom stereocenters. The molecule has 0 saturated heterocycles. The maximum absolute atomic E-state index is 12.2. The zero-order chi connectivity index (χ0) is 10.1. The van der Waals surface area contributed by atoms with Crippen LogP contribution in [0.4, 0.5) is 13.2 Å². The minimum atomic E-state index is -4.49. The Morgan fingerprint density at radius 2 is 2.00 bits per heavy atom. The molecule has 0 spiro atoms. The summed E-state index contributed by atoms with van der Waals surface area (Å²) in [7, 11) is 0. The Morgan fingerprint density at radius 1 is 1.38 bits per heavy atom. The van der Waals surface area contributed by atoms with Crippen LogP contribution < -0.4 is 0 Å². The van der Waals surface area contributed by atoms with Gasteiger partial charge in [0.15, 0.2) is 0 Å². The lowest BCUT2D eigenvalue weighted by atomic mass is 9.84. The summed E-state index contributed by atoms with van der Waals surface area (Å²) < 4.78 is 36.6. The van der Waals surface area contributed by atoms with Crippen molar-refractivity contribution in [2.75, 3.05) is 0 Å². The number of halogens is 3. The highest BCUT2D eigenvalue weighted by Crippen LogP contribution is 2.37. The monoisotopic (exact) mass is 195 g/mol. The van der Waals surface area contributed by atoms with Crippen LogP contribution in [0.5, 0.6) is 0 Å². The summed E-state index contributed by atoms with van der Waals surface area (Å²) in [6.45, 7) is 0. The molecule has 0 aromatic heterocycles. The second kappa shape index (κ2) is 3.43. The Labute approximate surface area is 72.3 Å². The Bertz CT molecular complexity index is 226. The van der Waals surface area contributed by atoms with Gasteiger partial charge < -0.3 is 0 Å². The van der Waals surface area contributed by atoms with E-state index in [0.29, 0.717) is 0 Å². The Balaban J connectivity index is 2.76. The molecule has 0 amide bonds. The Kier molecular flexibility index (Phi) is 2.68. The molecule has 0 N–H and O–H groups in total. The Hall–Kier alpha value is -0.940. The first-order chi connectivity index (χ1) is 5.95. The average molecular weight is 195 g/mol. The van der Waals surface area contributed by atoms with E-state index >= 15 is 0 Å². The number of alkyl halides is 3. The Morgan fingerprint density at radius 3 is 2.46 bits per heavy atom. The minimum Gasteiger partial charge on any atom is -0.300 e. The first kappa shape index (κ1) is 10.1. The van der Waals surface area contributed by atoms with Crippen molar-refractivity contribution in [1.82, 2.24) is 0 Å². The fourth-order valence-corrected chi connectivity index (χ4v) is 1.45. The third-order valence-corrected chi connectivity index (χ3v) is 2.19. The van der Waals surface area contributed by atoms with Crippen LogP contribution in [0.25, 0.3) is 0 Å². The molecule has 1 aliphatic rings. The SMILES string of the molecule is O=NC1CCC(=O)CC1C(F)(F)F. The van der Waals surface area contributed by atoms with Crippen molar-refractivity contribution in [3.05, 3.63) is 4.91 Å². The van der Waals surface area contributed by atoms with Crippen LogP contribution in [0.1, 0.15) is 19.3 Å². The lowest BCUT2D eigenvalue weighted by Crippen LogP contribution is -2.38. The molecular formula is C7H8F3NO2. The van der Waals surface area contributed by atoms with E-state index in [1.54, 1.807) is 0 Å². The second-order valence-corrected chi connectivity index (χ2v) is 3.10. The van der Waals surface area contributed by atoms with Gasteiger partial charge in [-0.1, -0.05) is 5.18 Å². The molecule has 2 atom stereocenters. The highest BCUT2D eigenvalue weighted by Gasteiger charge is 2.48. The van der Waals surface area contributed by atoms with Crippen LogP contribution in [0, 0.1) is 10.8 Å². The average Bonchev–Trinajstić information content (AvgIpc) is 2.03. The van der Waals surface area contributed by atoms with E-state index in [4.69, 9.17) is 0 Å². The molecule has 0 heterocycles. The van der Waals surface area contributed by atoms with E-state index in [9.17, 15) is 22.9 Å². The second-order valence-electron chi connectivity index (χ2n) is 3.10. The van der Waals surface area contributed by atoms with Crippen molar-refractivity contribution in [3.63, 3.8) is 0 Å². The zero-order valence-electron chi connectivity index (χ0n) is 6.67. The maximum Gasteiger partial charge on any atom is 0.394 e. The van der Waals surface area contributed by atoms with E-state index in [1.807, 2.05) is 0 Å². The van der Waals surface area contributed by atoms with Gasteiger partial charge in [0.2, 0.25) is 0 Å². The molecule has 0 bridgehead atoms. The summed E-state index contributed by atoms with van der Waals surface area (Å²) in [6, 6.07) is -1.28. The van der Waals surface area contributed by atoms with E-state index in [-0.39, 0.29) is 12.8 Å². The normalized spacial score (nSPS) is 30.2. The zero-order valence-corrected chi connectivity index (χ0v) is 6.67. The van der Waals surface area contributed by atoms with Gasteiger partial charge in [0, 0.05) is 12.8 Å². The van der Waals surface area contributed by atoms with Gasteiger partial charge in [0.1, 0.15) is 11.8 Å². The van der Waals surface area contributed by atoms with Crippen molar-refractivity contribution in [2.45, 2.75) is 31.5 Å². The smallest absolute Gasteiger partial charge is 0.300 e. The van der Waals surface area contributed by atoms with Crippen LogP contribution in [0.15, 0.2) is 5.18 Å². The molecule has 1 saturated carbocycles. The fourth-order valence-electron chi connectivity index (χ4n) is 1.45. The van der Waals surface area contributed by atoms with E-state index in [2.05, 4.69) is 5.18 Å². The van der Waals surface area contributed by atoms with Crippen LogP contribution in [0.3, 0.4) is 0 Å². The summed E-state index contributed by atoms with van der Waals surface area (Å²) in [5.74, 6) is -2.31. The molecule has 3 nitrogen and oxygen atoms in total. The molecule has 74 valence electrons. The van der Waals surface area contributed by atoms with Crippen molar-refractivity contribution < 1.29 is 18.0 Å². The maximum atomic E-state index is 12.2. The van der Waals surface area contributed by atoms with E-state index in [0.717, 1.165) is 0 Å². The standard InChI is InChI=1S/C7H8F3NO2/c8-7(9,10)5-3-4(12)1-2-6(5)11-13/h5-6H,1-3H2. The number of carbonyl (C=O) groups excluding carboxylic acids is 1. The first-order valence-electron chi connectivity index (χ1n) is 3.86. The quantitative estimate of drug-likeness (QED) is 0.601. The van der Waals surface area contributed by atoms with Crippen LogP contribution >= 0.6 is 0 Å². The highest BCUT2D eigenvalue weighted by atomic mass is 19.4. The molecule has 0 aromatic rings. The third kappa shape index (κ3) is 2.26. The number of carbonyl (C=O) groups is 1. The van der Waals surface area contributed by atoms with Crippen LogP contribution in [-0.2, 0) is 4.79 Å². The molecule has 1 aliphatic carbocycles. The van der Waals surface area contributed by atoms with Crippen LogP contribution in [0.2, 0.25) is 0 Å². The van der Waals surface area contributed by atoms with Crippen molar-refractivity contribution in [3.8, 4) is 0 Å². The molecule has 6 heteroatoms. The van der Waals surface area contributed by atoms with Crippen molar-refractivity contribution in [1.29, 1.82) is 0 Å². The summed E-state index contributed by atoms with van der Waals surface area (Å²) >= 11 is 0. The molecule has 13 heavy (non-hydrogen) atoms. The molecule has 0 aliphatic heterocycles. The molecule has 0 radical (unpaired) electrons. The summed E-state index contributed by atoms with van der Waals surface area (Å²) in [6.07, 6.45) is -5.13. The molecule has 1 rings (SSSR count). The summed E-state index contributed by atoms with van der Waals surface area (Å²) in [5, 5.41) is 2.41. The molecule has 0 aromatic carbocycles. The number of rotatable bonds is 1. The topological polar surface area (TPSA) is 46.5 Å². The third-order valence-electron chi connectivity index (χ3n) is 2.19. The number of hydrogen-bond acceptors (Lipinski definition) is 3. The highest BCUT2D eigenvalue weighted by molar-refractivity contribution is 5.79. The lowest BCUT2D eigenvalue weighted by molar-refractivity contribution is -0.187. The predicted molar refractivity (Wildman–Crippen MR) is 38.0 cm³/mol. The van der Waals surface area contributed by atoms with Crippen molar-refractivity contribution >= 4 is 5.78 Å². The minimum absolute atomic E-state index is 0.0307.